The minimum Gasteiger partial charge on any atom is -0.435 e. The Hall–Kier alpha value is -2.96. The zero-order valence-corrected chi connectivity index (χ0v) is 14.6. The Labute approximate surface area is 155 Å². The number of halogens is 2. The van der Waals surface area contributed by atoms with E-state index in [0.29, 0.717) is 24.2 Å². The number of alkyl halides is 2. The van der Waals surface area contributed by atoms with Crippen molar-refractivity contribution in [3.8, 4) is 5.75 Å². The number of carbonyl (C=O) groups excluding carboxylic acids is 2. The van der Waals surface area contributed by atoms with E-state index in [2.05, 4.69) is 4.74 Å². The zero-order chi connectivity index (χ0) is 19.4. The molecule has 2 N–H and O–H groups in total. The van der Waals surface area contributed by atoms with Crippen molar-refractivity contribution in [1.82, 2.24) is 4.90 Å². The first kappa shape index (κ1) is 18.8. The number of benzene rings is 2. The van der Waals surface area contributed by atoms with Crippen LogP contribution in [-0.2, 0) is 6.42 Å². The topological polar surface area (TPSA) is 72.6 Å². The summed E-state index contributed by atoms with van der Waals surface area (Å²) in [5.74, 6) is -0.443. The third kappa shape index (κ3) is 4.81. The molecule has 1 atom stereocenters. The molecule has 3 rings (SSSR count). The van der Waals surface area contributed by atoms with Gasteiger partial charge in [0.1, 0.15) is 5.75 Å². The second kappa shape index (κ2) is 8.16. The van der Waals surface area contributed by atoms with Gasteiger partial charge in [0.25, 0.3) is 5.91 Å². The highest BCUT2D eigenvalue weighted by Crippen LogP contribution is 2.24. The first-order chi connectivity index (χ1) is 12.9. The molecular formula is C20H20F2N2O3. The van der Waals surface area contributed by atoms with Crippen LogP contribution >= 0.6 is 0 Å². The standard InChI is InChI=1S/C20H20F2N2O3/c21-20(22)27-17-6-2-5-16(11-17)19(26)24-8-7-14(12-24)9-13-3-1-4-15(10-13)18(23)25/h1-6,10-11,14,20H,7-9,12H2,(H2,23,25). The molecule has 0 aliphatic carbocycles. The summed E-state index contributed by atoms with van der Waals surface area (Å²) < 4.78 is 29.0. The van der Waals surface area contributed by atoms with Crippen LogP contribution in [-0.4, -0.2) is 36.4 Å². The molecule has 0 bridgehead atoms. The van der Waals surface area contributed by atoms with Crippen LogP contribution in [0.5, 0.6) is 5.75 Å². The summed E-state index contributed by atoms with van der Waals surface area (Å²) in [6.45, 7) is -1.76. The Morgan fingerprint density at radius 2 is 1.89 bits per heavy atom. The van der Waals surface area contributed by atoms with E-state index in [4.69, 9.17) is 5.73 Å². The molecule has 7 heteroatoms. The van der Waals surface area contributed by atoms with E-state index in [1.54, 1.807) is 29.2 Å². The lowest BCUT2D eigenvalue weighted by Gasteiger charge is -2.17. The molecule has 1 saturated heterocycles. The number of primary amides is 1. The van der Waals surface area contributed by atoms with Crippen molar-refractivity contribution >= 4 is 11.8 Å². The van der Waals surface area contributed by atoms with E-state index in [0.717, 1.165) is 18.4 Å². The van der Waals surface area contributed by atoms with Gasteiger partial charge in [0, 0.05) is 24.2 Å². The lowest BCUT2D eigenvalue weighted by Crippen LogP contribution is -2.29. The highest BCUT2D eigenvalue weighted by molar-refractivity contribution is 5.95. The van der Waals surface area contributed by atoms with Crippen LogP contribution < -0.4 is 10.5 Å². The number of nitrogens with zero attached hydrogens (tertiary/aromatic N) is 1. The first-order valence-corrected chi connectivity index (χ1v) is 8.65. The Balaban J connectivity index is 1.63. The number of likely N-dealkylation sites (tertiary alicyclic amines) is 1. The second-order valence-electron chi connectivity index (χ2n) is 6.58. The fourth-order valence-corrected chi connectivity index (χ4v) is 3.36. The molecule has 1 heterocycles. The molecule has 2 amide bonds. The van der Waals surface area contributed by atoms with E-state index in [-0.39, 0.29) is 17.6 Å². The number of carbonyl (C=O) groups is 2. The molecule has 5 nitrogen and oxygen atoms in total. The third-order valence-corrected chi connectivity index (χ3v) is 4.62. The molecule has 2 aromatic carbocycles. The quantitative estimate of drug-likeness (QED) is 0.845. The van der Waals surface area contributed by atoms with Gasteiger partial charge in [0.2, 0.25) is 5.91 Å². The van der Waals surface area contributed by atoms with Crippen molar-refractivity contribution in [2.45, 2.75) is 19.5 Å². The number of nitrogens with two attached hydrogens (primary N) is 1. The minimum absolute atomic E-state index is 0.0325. The highest BCUT2D eigenvalue weighted by Gasteiger charge is 2.27. The van der Waals surface area contributed by atoms with Crippen LogP contribution in [0.2, 0.25) is 0 Å². The van der Waals surface area contributed by atoms with Gasteiger partial charge in [-0.05, 0) is 54.7 Å². The number of hydrogen-bond acceptors (Lipinski definition) is 3. The first-order valence-electron chi connectivity index (χ1n) is 8.65. The Kier molecular flexibility index (Phi) is 5.69. The van der Waals surface area contributed by atoms with Crippen molar-refractivity contribution in [1.29, 1.82) is 0 Å². The molecule has 2 aromatic rings. The molecule has 1 fully saturated rings. The predicted molar refractivity (Wildman–Crippen MR) is 95.7 cm³/mol. The van der Waals surface area contributed by atoms with Crippen LogP contribution in [0.1, 0.15) is 32.7 Å². The molecule has 142 valence electrons. The van der Waals surface area contributed by atoms with E-state index in [1.165, 1.54) is 18.2 Å². The summed E-state index contributed by atoms with van der Waals surface area (Å²) in [4.78, 5) is 25.7. The van der Waals surface area contributed by atoms with Gasteiger partial charge < -0.3 is 15.4 Å². The monoisotopic (exact) mass is 374 g/mol. The molecule has 0 aromatic heterocycles. The van der Waals surface area contributed by atoms with E-state index < -0.39 is 12.5 Å². The maximum Gasteiger partial charge on any atom is 0.387 e. The summed E-state index contributed by atoms with van der Waals surface area (Å²) in [5.41, 5.74) is 7.10. The predicted octanol–water partition coefficient (Wildman–Crippen LogP) is 3.09. The van der Waals surface area contributed by atoms with Gasteiger partial charge >= 0.3 is 6.61 Å². The van der Waals surface area contributed by atoms with Gasteiger partial charge in [-0.3, -0.25) is 9.59 Å². The molecule has 0 radical (unpaired) electrons. The maximum atomic E-state index is 12.6. The van der Waals surface area contributed by atoms with Crippen LogP contribution in [0, 0.1) is 5.92 Å². The fourth-order valence-electron chi connectivity index (χ4n) is 3.36. The van der Waals surface area contributed by atoms with Crippen molar-refractivity contribution in [3.05, 3.63) is 65.2 Å². The average Bonchev–Trinajstić information content (AvgIpc) is 3.09. The minimum atomic E-state index is -2.93. The number of amides is 2. The highest BCUT2D eigenvalue weighted by atomic mass is 19.3. The van der Waals surface area contributed by atoms with Gasteiger partial charge in [-0.2, -0.15) is 8.78 Å². The number of ether oxygens (including phenoxy) is 1. The Morgan fingerprint density at radius 1 is 1.15 bits per heavy atom. The Morgan fingerprint density at radius 3 is 2.63 bits per heavy atom. The van der Waals surface area contributed by atoms with Gasteiger partial charge in [-0.15, -0.1) is 0 Å². The van der Waals surface area contributed by atoms with Crippen LogP contribution in [0.15, 0.2) is 48.5 Å². The summed E-state index contributed by atoms with van der Waals surface area (Å²) in [6.07, 6.45) is 1.57. The molecular weight excluding hydrogens is 354 g/mol. The van der Waals surface area contributed by atoms with Crippen molar-refractivity contribution in [2.24, 2.45) is 11.7 Å². The van der Waals surface area contributed by atoms with E-state index >= 15 is 0 Å². The zero-order valence-electron chi connectivity index (χ0n) is 14.6. The largest absolute Gasteiger partial charge is 0.435 e. The van der Waals surface area contributed by atoms with E-state index in [1.807, 2.05) is 6.07 Å². The van der Waals surface area contributed by atoms with E-state index in [9.17, 15) is 18.4 Å². The van der Waals surface area contributed by atoms with Crippen molar-refractivity contribution in [3.63, 3.8) is 0 Å². The summed E-state index contributed by atoms with van der Waals surface area (Å²) in [5, 5.41) is 0. The van der Waals surface area contributed by atoms with Gasteiger partial charge in [-0.25, -0.2) is 0 Å². The van der Waals surface area contributed by atoms with Crippen LogP contribution in [0.4, 0.5) is 8.78 Å². The third-order valence-electron chi connectivity index (χ3n) is 4.62. The summed E-state index contributed by atoms with van der Waals surface area (Å²) >= 11 is 0. The van der Waals surface area contributed by atoms with Gasteiger partial charge in [-0.1, -0.05) is 18.2 Å². The fraction of sp³-hybridized carbons (Fsp3) is 0.300. The molecule has 0 saturated carbocycles. The molecule has 1 aliphatic heterocycles. The Bertz CT molecular complexity index is 841. The molecule has 27 heavy (non-hydrogen) atoms. The maximum absolute atomic E-state index is 12.6. The smallest absolute Gasteiger partial charge is 0.387 e. The molecule has 0 spiro atoms. The number of hydrogen-bond donors (Lipinski definition) is 1. The SMILES string of the molecule is NC(=O)c1cccc(CC2CCN(C(=O)c3cccc(OC(F)F)c3)C2)c1. The average molecular weight is 374 g/mol. The molecule has 1 aliphatic rings. The van der Waals surface area contributed by atoms with Gasteiger partial charge in [0.15, 0.2) is 0 Å². The van der Waals surface area contributed by atoms with Crippen molar-refractivity contribution < 1.29 is 23.1 Å². The van der Waals surface area contributed by atoms with Crippen molar-refractivity contribution in [2.75, 3.05) is 13.1 Å². The summed E-state index contributed by atoms with van der Waals surface area (Å²) in [7, 11) is 0. The van der Waals surface area contributed by atoms with Crippen LogP contribution in [0.25, 0.3) is 0 Å². The number of rotatable bonds is 6. The lowest BCUT2D eigenvalue weighted by atomic mass is 9.97. The molecule has 1 unspecified atom stereocenters. The lowest BCUT2D eigenvalue weighted by molar-refractivity contribution is -0.0499. The second-order valence-corrected chi connectivity index (χ2v) is 6.58. The normalized spacial score (nSPS) is 16.6. The van der Waals surface area contributed by atoms with Crippen LogP contribution in [0.3, 0.4) is 0 Å². The van der Waals surface area contributed by atoms with Gasteiger partial charge in [0.05, 0.1) is 0 Å². The summed E-state index contributed by atoms with van der Waals surface area (Å²) in [6, 6.07) is 13.0.